The first kappa shape index (κ1) is 23.3. The molecule has 1 amide bonds. The number of anilines is 1. The normalized spacial score (nSPS) is 10.3. The van der Waals surface area contributed by atoms with Crippen LogP contribution >= 0.6 is 0 Å². The molecule has 0 aliphatic carbocycles. The fourth-order valence-corrected chi connectivity index (χ4v) is 2.64. The van der Waals surface area contributed by atoms with Crippen molar-refractivity contribution in [2.45, 2.75) is 0 Å². The largest absolute Gasteiger partial charge is 0.493 e. The Labute approximate surface area is 177 Å². The second-order valence-corrected chi connectivity index (χ2v) is 6.08. The molecule has 2 aromatic carbocycles. The van der Waals surface area contributed by atoms with Gasteiger partial charge in [0.15, 0.2) is 11.5 Å². The van der Waals surface area contributed by atoms with Gasteiger partial charge in [-0.15, -0.1) is 0 Å². The minimum atomic E-state index is -0.696. The first-order chi connectivity index (χ1) is 14.9. The zero-order chi connectivity index (χ0) is 22.8. The van der Waals surface area contributed by atoms with Gasteiger partial charge in [0.25, 0.3) is 17.3 Å². The average molecular weight is 434 g/mol. The molecule has 2 rings (SSSR count). The zero-order valence-electron chi connectivity index (χ0n) is 17.0. The fraction of sp³-hybridized carbons (Fsp3) is 0.316. The predicted octanol–water partition coefficient (Wildman–Crippen LogP) is 2.38. The minimum absolute atomic E-state index is 0.0659. The van der Waals surface area contributed by atoms with E-state index in [2.05, 4.69) is 10.6 Å². The Morgan fingerprint density at radius 1 is 0.968 bits per heavy atom. The molecule has 0 spiro atoms. The maximum absolute atomic E-state index is 12.5. The van der Waals surface area contributed by atoms with Crippen molar-refractivity contribution in [2.75, 3.05) is 45.8 Å². The molecule has 0 bridgehead atoms. The molecule has 12 nitrogen and oxygen atoms in total. The van der Waals surface area contributed by atoms with E-state index in [1.165, 1.54) is 32.4 Å². The number of rotatable bonds is 12. The Hall–Kier alpha value is -3.93. The van der Waals surface area contributed by atoms with E-state index in [1.54, 1.807) is 12.1 Å². The number of para-hydroxylation sites is 2. The molecule has 2 aromatic rings. The van der Waals surface area contributed by atoms with E-state index in [9.17, 15) is 25.0 Å². The number of nitrogens with one attached hydrogen (secondary N) is 2. The van der Waals surface area contributed by atoms with Crippen molar-refractivity contribution in [2.24, 2.45) is 0 Å². The van der Waals surface area contributed by atoms with Crippen molar-refractivity contribution in [3.05, 3.63) is 62.2 Å². The van der Waals surface area contributed by atoms with Crippen LogP contribution in [0.4, 0.5) is 17.1 Å². The van der Waals surface area contributed by atoms with Gasteiger partial charge in [-0.25, -0.2) is 0 Å². The molecule has 0 atom stereocenters. The van der Waals surface area contributed by atoms with E-state index in [0.717, 1.165) is 6.07 Å². The van der Waals surface area contributed by atoms with Crippen molar-refractivity contribution < 1.29 is 28.9 Å². The van der Waals surface area contributed by atoms with Gasteiger partial charge in [0, 0.05) is 32.3 Å². The SMILES string of the molecule is COCCOc1cc([N+](=O)[O-])c(C(=O)NCCNc2ccccc2[N+](=O)[O-])cc1OC. The topological polar surface area (TPSA) is 155 Å². The molecule has 12 heteroatoms. The van der Waals surface area contributed by atoms with Crippen LogP contribution < -0.4 is 20.1 Å². The number of methoxy groups -OCH3 is 2. The van der Waals surface area contributed by atoms with E-state index < -0.39 is 21.4 Å². The van der Waals surface area contributed by atoms with Crippen LogP contribution in [0.25, 0.3) is 0 Å². The predicted molar refractivity (Wildman–Crippen MR) is 111 cm³/mol. The zero-order valence-corrected chi connectivity index (χ0v) is 17.0. The van der Waals surface area contributed by atoms with Crippen LogP contribution in [0, 0.1) is 20.2 Å². The standard InChI is InChI=1S/C19H22N4O8/c1-29-9-10-31-18-12-16(23(27)28)13(11-17(18)30-2)19(24)21-8-7-20-14-5-3-4-6-15(14)22(25)26/h3-6,11-12,20H,7-10H2,1-2H3,(H,21,24). The quantitative estimate of drug-likeness (QED) is 0.291. The molecule has 2 N–H and O–H groups in total. The van der Waals surface area contributed by atoms with Gasteiger partial charge in [-0.1, -0.05) is 12.1 Å². The minimum Gasteiger partial charge on any atom is -0.493 e. The second kappa shape index (κ2) is 11.3. The Morgan fingerprint density at radius 3 is 2.32 bits per heavy atom. The molecule has 166 valence electrons. The van der Waals surface area contributed by atoms with Crippen LogP contribution in [-0.2, 0) is 4.74 Å². The van der Waals surface area contributed by atoms with Crippen LogP contribution in [0.5, 0.6) is 11.5 Å². The molecule has 0 saturated carbocycles. The number of hydrogen-bond donors (Lipinski definition) is 2. The Bertz CT molecular complexity index is 951. The number of ether oxygens (including phenoxy) is 3. The Balaban J connectivity index is 2.08. The number of benzene rings is 2. The van der Waals surface area contributed by atoms with E-state index in [1.807, 2.05) is 0 Å². The van der Waals surface area contributed by atoms with E-state index in [-0.39, 0.29) is 49.1 Å². The van der Waals surface area contributed by atoms with E-state index >= 15 is 0 Å². The third-order valence-corrected chi connectivity index (χ3v) is 4.10. The van der Waals surface area contributed by atoms with Crippen molar-refractivity contribution in [3.8, 4) is 11.5 Å². The lowest BCUT2D eigenvalue weighted by Crippen LogP contribution is -2.29. The lowest BCUT2D eigenvalue weighted by atomic mass is 10.1. The molecule has 0 fully saturated rings. The lowest BCUT2D eigenvalue weighted by molar-refractivity contribution is -0.385. The highest BCUT2D eigenvalue weighted by atomic mass is 16.6. The number of nitrogens with zero attached hydrogens (tertiary/aromatic N) is 2. The fourth-order valence-electron chi connectivity index (χ4n) is 2.64. The molecule has 0 heterocycles. The maximum Gasteiger partial charge on any atom is 0.292 e. The van der Waals surface area contributed by atoms with Crippen molar-refractivity contribution in [3.63, 3.8) is 0 Å². The van der Waals surface area contributed by atoms with Crippen LogP contribution in [0.15, 0.2) is 36.4 Å². The van der Waals surface area contributed by atoms with Crippen LogP contribution in [-0.4, -0.2) is 56.3 Å². The van der Waals surface area contributed by atoms with Crippen LogP contribution in [0.3, 0.4) is 0 Å². The monoisotopic (exact) mass is 434 g/mol. The molecule has 0 radical (unpaired) electrons. The van der Waals surface area contributed by atoms with Crippen molar-refractivity contribution >= 4 is 23.0 Å². The summed E-state index contributed by atoms with van der Waals surface area (Å²) in [6, 6.07) is 8.42. The number of nitro groups is 2. The number of carbonyl (C=O) groups is 1. The number of hydrogen-bond acceptors (Lipinski definition) is 9. The molecule has 0 aliphatic heterocycles. The molecule has 0 unspecified atom stereocenters. The van der Waals surface area contributed by atoms with Gasteiger partial charge in [0.2, 0.25) is 0 Å². The maximum atomic E-state index is 12.5. The first-order valence-electron chi connectivity index (χ1n) is 9.12. The number of nitro benzene ring substituents is 2. The molecular weight excluding hydrogens is 412 g/mol. The third-order valence-electron chi connectivity index (χ3n) is 4.10. The summed E-state index contributed by atoms with van der Waals surface area (Å²) >= 11 is 0. The van der Waals surface area contributed by atoms with E-state index in [4.69, 9.17) is 14.2 Å². The first-order valence-corrected chi connectivity index (χ1v) is 9.12. The van der Waals surface area contributed by atoms with Gasteiger partial charge in [-0.3, -0.25) is 25.0 Å². The Morgan fingerprint density at radius 2 is 1.68 bits per heavy atom. The summed E-state index contributed by atoms with van der Waals surface area (Å²) in [5.41, 5.74) is -0.450. The van der Waals surface area contributed by atoms with Gasteiger partial charge in [-0.05, 0) is 6.07 Å². The van der Waals surface area contributed by atoms with Gasteiger partial charge in [0.1, 0.15) is 17.9 Å². The van der Waals surface area contributed by atoms with E-state index in [0.29, 0.717) is 5.69 Å². The van der Waals surface area contributed by atoms with Crippen molar-refractivity contribution in [1.29, 1.82) is 0 Å². The highest BCUT2D eigenvalue weighted by molar-refractivity contribution is 5.99. The molecule has 0 aromatic heterocycles. The summed E-state index contributed by atoms with van der Waals surface area (Å²) in [7, 11) is 2.84. The van der Waals surface area contributed by atoms with Gasteiger partial charge in [-0.2, -0.15) is 0 Å². The highest BCUT2D eigenvalue weighted by Gasteiger charge is 2.24. The average Bonchev–Trinajstić information content (AvgIpc) is 2.76. The summed E-state index contributed by atoms with van der Waals surface area (Å²) in [6.45, 7) is 0.648. The molecule has 31 heavy (non-hydrogen) atoms. The molecule has 0 saturated heterocycles. The summed E-state index contributed by atoms with van der Waals surface area (Å²) in [5.74, 6) is -0.427. The number of carbonyl (C=O) groups excluding carboxylic acids is 1. The third kappa shape index (κ3) is 6.27. The Kier molecular flexibility index (Phi) is 8.52. The highest BCUT2D eigenvalue weighted by Crippen LogP contribution is 2.34. The number of amides is 1. The van der Waals surface area contributed by atoms with Gasteiger partial charge < -0.3 is 24.8 Å². The second-order valence-electron chi connectivity index (χ2n) is 6.08. The van der Waals surface area contributed by atoms with Gasteiger partial charge in [0.05, 0.1) is 29.6 Å². The molecule has 0 aliphatic rings. The summed E-state index contributed by atoms with van der Waals surface area (Å²) in [4.78, 5) is 33.8. The smallest absolute Gasteiger partial charge is 0.292 e. The van der Waals surface area contributed by atoms with Crippen LogP contribution in [0.2, 0.25) is 0 Å². The van der Waals surface area contributed by atoms with Crippen molar-refractivity contribution in [1.82, 2.24) is 5.32 Å². The lowest BCUT2D eigenvalue weighted by Gasteiger charge is -2.13. The van der Waals surface area contributed by atoms with Crippen LogP contribution in [0.1, 0.15) is 10.4 Å². The summed E-state index contributed by atoms with van der Waals surface area (Å²) in [6.07, 6.45) is 0. The molecular formula is C19H22N4O8. The summed E-state index contributed by atoms with van der Waals surface area (Å²) in [5, 5.41) is 27.9. The summed E-state index contributed by atoms with van der Waals surface area (Å²) < 4.78 is 15.5. The van der Waals surface area contributed by atoms with Gasteiger partial charge >= 0.3 is 0 Å².